The summed E-state index contributed by atoms with van der Waals surface area (Å²) >= 11 is 0. The molecule has 0 atom stereocenters. The Morgan fingerprint density at radius 3 is 1.33 bits per heavy atom. The highest BCUT2D eigenvalue weighted by Gasteiger charge is 2.42. The van der Waals surface area contributed by atoms with Crippen molar-refractivity contribution in [1.29, 1.82) is 0 Å². The van der Waals surface area contributed by atoms with Crippen LogP contribution in [-0.2, 0) is 5.41 Å². The Kier molecular flexibility index (Phi) is 14.9. The first-order valence-electron chi connectivity index (χ1n) is 28.1. The highest BCUT2D eigenvalue weighted by Crippen LogP contribution is 2.56. The van der Waals surface area contributed by atoms with Crippen LogP contribution in [0.3, 0.4) is 0 Å². The van der Waals surface area contributed by atoms with E-state index < -0.39 is 0 Å². The van der Waals surface area contributed by atoms with Gasteiger partial charge in [-0.25, -0.2) is 15.0 Å². The Morgan fingerprint density at radius 1 is 0.360 bits per heavy atom. The second kappa shape index (κ2) is 22.5. The van der Waals surface area contributed by atoms with Crippen molar-refractivity contribution in [3.05, 3.63) is 205 Å². The van der Waals surface area contributed by atoms with Crippen molar-refractivity contribution >= 4 is 21.8 Å². The first kappa shape index (κ1) is 49.6. The number of nitrogens with zero attached hydrogens (tertiary/aromatic N) is 4. The molecule has 0 saturated heterocycles. The number of unbranched alkanes of at least 4 members (excludes halogenated alkanes) is 10. The van der Waals surface area contributed by atoms with Gasteiger partial charge in [-0.05, 0) is 124 Å². The van der Waals surface area contributed by atoms with E-state index in [4.69, 9.17) is 15.0 Å². The van der Waals surface area contributed by atoms with E-state index in [1.54, 1.807) is 5.56 Å². The van der Waals surface area contributed by atoms with Crippen molar-refractivity contribution in [2.24, 2.45) is 0 Å². The molecule has 4 heteroatoms. The maximum absolute atomic E-state index is 5.06. The standard InChI is InChI=1S/C71H70N4/c1-5-7-9-11-13-15-43-71(44-16-14-12-10-8-6-2)64-47-60(55-27-23-52(24-28-55)51-21-19-49(3)20-22-51)37-40-62(64)63-41-38-61(48-65(63)71)56-29-25-53(26-30-56)54-31-33-57(34-32-54)67-46-50(4)73-70(75-67)66-42-39-59-36-35-58-18-17-45-72-68(58)69(59)74-66/h17-42,45-48H,5-16,43-44H2,1-4H3. The Balaban J connectivity index is 0.882. The van der Waals surface area contributed by atoms with Gasteiger partial charge in [0.25, 0.3) is 0 Å². The van der Waals surface area contributed by atoms with Crippen LogP contribution >= 0.6 is 0 Å². The van der Waals surface area contributed by atoms with Gasteiger partial charge in [0.05, 0.1) is 16.7 Å². The van der Waals surface area contributed by atoms with Gasteiger partial charge in [-0.15, -0.1) is 0 Å². The first-order valence-corrected chi connectivity index (χ1v) is 28.1. The SMILES string of the molecule is CCCCCCCCC1(CCCCCCCC)c2cc(-c3ccc(-c4ccc(C)cc4)cc3)ccc2-c2ccc(-c3ccc(-c4ccc(-c5cc(C)nc(-c6ccc7ccc8cccnc8c7n6)n5)cc4)cc3)cc21. The van der Waals surface area contributed by atoms with Crippen molar-refractivity contribution in [2.75, 3.05) is 0 Å². The monoisotopic (exact) mass is 979 g/mol. The van der Waals surface area contributed by atoms with Gasteiger partial charge in [0.2, 0.25) is 0 Å². The van der Waals surface area contributed by atoms with Crippen LogP contribution in [0.5, 0.6) is 0 Å². The van der Waals surface area contributed by atoms with E-state index in [2.05, 4.69) is 190 Å². The predicted octanol–water partition coefficient (Wildman–Crippen LogP) is 20.0. The van der Waals surface area contributed by atoms with E-state index in [0.29, 0.717) is 5.82 Å². The fourth-order valence-corrected chi connectivity index (χ4v) is 11.9. The average Bonchev–Trinajstić information content (AvgIpc) is 3.72. The van der Waals surface area contributed by atoms with E-state index in [0.717, 1.165) is 44.5 Å². The number of benzene rings is 7. The van der Waals surface area contributed by atoms with Crippen molar-refractivity contribution in [3.63, 3.8) is 0 Å². The molecule has 1 aliphatic rings. The van der Waals surface area contributed by atoms with Crippen LogP contribution < -0.4 is 0 Å². The minimum absolute atomic E-state index is 0.0307. The number of aryl methyl sites for hydroxylation is 2. The molecule has 75 heavy (non-hydrogen) atoms. The molecule has 11 rings (SSSR count). The highest BCUT2D eigenvalue weighted by atomic mass is 14.9. The summed E-state index contributed by atoms with van der Waals surface area (Å²) < 4.78 is 0. The molecular formula is C71H70N4. The van der Waals surface area contributed by atoms with E-state index in [9.17, 15) is 0 Å². The Morgan fingerprint density at radius 2 is 0.800 bits per heavy atom. The lowest BCUT2D eigenvalue weighted by atomic mass is 9.70. The summed E-state index contributed by atoms with van der Waals surface area (Å²) in [5, 5.41) is 2.11. The zero-order valence-corrected chi connectivity index (χ0v) is 44.5. The van der Waals surface area contributed by atoms with E-state index >= 15 is 0 Å². The fraction of sp³-hybridized carbons (Fsp3) is 0.268. The smallest absolute Gasteiger partial charge is 0.178 e. The molecule has 374 valence electrons. The highest BCUT2D eigenvalue weighted by molar-refractivity contribution is 6.03. The molecule has 3 aromatic heterocycles. The van der Waals surface area contributed by atoms with Gasteiger partial charge in [-0.3, -0.25) is 4.98 Å². The summed E-state index contributed by atoms with van der Waals surface area (Å²) in [4.78, 5) is 19.6. The quantitative estimate of drug-likeness (QED) is 0.0564. The molecule has 0 spiro atoms. The third-order valence-corrected chi connectivity index (χ3v) is 16.1. The van der Waals surface area contributed by atoms with E-state index in [1.165, 1.54) is 157 Å². The van der Waals surface area contributed by atoms with Crippen molar-refractivity contribution < 1.29 is 0 Å². The molecule has 0 radical (unpaired) electrons. The maximum atomic E-state index is 5.06. The molecule has 3 heterocycles. The summed E-state index contributed by atoms with van der Waals surface area (Å²) in [5.41, 5.74) is 22.5. The summed E-state index contributed by atoms with van der Waals surface area (Å²) in [6, 6.07) is 65.4. The third-order valence-electron chi connectivity index (χ3n) is 16.1. The van der Waals surface area contributed by atoms with E-state index in [1.807, 2.05) is 25.3 Å². The molecule has 4 nitrogen and oxygen atoms in total. The zero-order valence-electron chi connectivity index (χ0n) is 44.5. The third kappa shape index (κ3) is 10.6. The summed E-state index contributed by atoms with van der Waals surface area (Å²) in [6.45, 7) is 8.82. The zero-order chi connectivity index (χ0) is 51.1. The molecule has 0 amide bonds. The van der Waals surface area contributed by atoms with Crippen LogP contribution in [0.1, 0.15) is 126 Å². The topological polar surface area (TPSA) is 51.6 Å². The fourth-order valence-electron chi connectivity index (χ4n) is 11.9. The van der Waals surface area contributed by atoms with Crippen LogP contribution in [0, 0.1) is 13.8 Å². The maximum Gasteiger partial charge on any atom is 0.178 e. The molecule has 0 aliphatic heterocycles. The molecule has 0 unspecified atom stereocenters. The van der Waals surface area contributed by atoms with Gasteiger partial charge in [0.15, 0.2) is 5.82 Å². The van der Waals surface area contributed by atoms with Gasteiger partial charge < -0.3 is 0 Å². The number of hydrogen-bond acceptors (Lipinski definition) is 4. The second-order valence-corrected chi connectivity index (χ2v) is 21.4. The largest absolute Gasteiger partial charge is 0.254 e. The lowest BCUT2D eigenvalue weighted by Crippen LogP contribution is -2.25. The first-order chi connectivity index (χ1) is 36.9. The lowest BCUT2D eigenvalue weighted by molar-refractivity contribution is 0.398. The van der Waals surface area contributed by atoms with Gasteiger partial charge in [-0.2, -0.15) is 0 Å². The number of aromatic nitrogens is 4. The molecule has 0 fully saturated rings. The Labute approximate surface area is 445 Å². The van der Waals surface area contributed by atoms with Crippen molar-refractivity contribution in [1.82, 2.24) is 19.9 Å². The van der Waals surface area contributed by atoms with Crippen molar-refractivity contribution in [3.8, 4) is 78.4 Å². The van der Waals surface area contributed by atoms with Crippen LogP contribution in [-0.4, -0.2) is 19.9 Å². The van der Waals surface area contributed by atoms with Crippen LogP contribution in [0.25, 0.3) is 100 Å². The number of hydrogen-bond donors (Lipinski definition) is 0. The molecule has 1 aliphatic carbocycles. The van der Waals surface area contributed by atoms with Crippen LogP contribution in [0.4, 0.5) is 0 Å². The van der Waals surface area contributed by atoms with Crippen LogP contribution in [0.2, 0.25) is 0 Å². The molecule has 7 aromatic carbocycles. The van der Waals surface area contributed by atoms with E-state index in [-0.39, 0.29) is 5.41 Å². The Bertz CT molecular complexity index is 3560. The summed E-state index contributed by atoms with van der Waals surface area (Å²) in [6.07, 6.45) is 19.8. The minimum Gasteiger partial charge on any atom is -0.254 e. The van der Waals surface area contributed by atoms with Gasteiger partial charge >= 0.3 is 0 Å². The number of fused-ring (bicyclic) bond motifs is 6. The summed E-state index contributed by atoms with van der Waals surface area (Å²) in [7, 11) is 0. The number of rotatable bonds is 20. The van der Waals surface area contributed by atoms with Gasteiger partial charge in [0.1, 0.15) is 5.69 Å². The van der Waals surface area contributed by atoms with Crippen LogP contribution in [0.15, 0.2) is 182 Å². The second-order valence-electron chi connectivity index (χ2n) is 21.4. The van der Waals surface area contributed by atoms with Gasteiger partial charge in [-0.1, -0.05) is 242 Å². The predicted molar refractivity (Wildman–Crippen MR) is 317 cm³/mol. The average molecular weight is 979 g/mol. The molecular weight excluding hydrogens is 909 g/mol. The normalized spacial score (nSPS) is 12.6. The van der Waals surface area contributed by atoms with Crippen molar-refractivity contribution in [2.45, 2.75) is 123 Å². The molecule has 10 aromatic rings. The lowest BCUT2D eigenvalue weighted by Gasteiger charge is -2.33. The molecule has 0 saturated carbocycles. The Hall–Kier alpha value is -7.56. The molecule has 0 N–H and O–H groups in total. The summed E-state index contributed by atoms with van der Waals surface area (Å²) in [5.74, 6) is 0.613. The van der Waals surface area contributed by atoms with Gasteiger partial charge in [0, 0.05) is 33.6 Å². The molecule has 0 bridgehead atoms. The number of pyridine rings is 2. The minimum atomic E-state index is -0.0307.